The molecular formula is C17H15F5N3O2+. The number of quaternary nitrogens is 1. The largest absolute Gasteiger partial charge is 0.360 e. The van der Waals surface area contributed by atoms with Crippen molar-refractivity contribution in [2.24, 2.45) is 0 Å². The van der Waals surface area contributed by atoms with E-state index in [0.29, 0.717) is 31.1 Å². The highest BCUT2D eigenvalue weighted by Crippen LogP contribution is 2.23. The Bertz CT molecular complexity index is 839. The first kappa shape index (κ1) is 19.0. The molecule has 0 unspecified atom stereocenters. The summed E-state index contributed by atoms with van der Waals surface area (Å²) in [5.74, 6) is -9.62. The molecule has 0 aliphatic carbocycles. The summed E-state index contributed by atoms with van der Waals surface area (Å²) in [5, 5.41) is 10.7. The molecule has 0 saturated carbocycles. The SMILES string of the molecule is O=[N+]([O-])c1ccc(N2CC[NH+](Cc3c(F)c(F)c(F)c(F)c3F)CC2)cc1. The molecule has 0 amide bonds. The van der Waals surface area contributed by atoms with Crippen LogP contribution in [0.2, 0.25) is 0 Å². The molecule has 0 aromatic heterocycles. The number of nitrogens with zero attached hydrogens (tertiary/aromatic N) is 2. The summed E-state index contributed by atoms with van der Waals surface area (Å²) in [6, 6.07) is 5.97. The molecule has 1 N–H and O–H groups in total. The van der Waals surface area contributed by atoms with Gasteiger partial charge in [0.05, 0.1) is 36.7 Å². The van der Waals surface area contributed by atoms with Gasteiger partial charge in [0.2, 0.25) is 5.82 Å². The number of piperazine rings is 1. The van der Waals surface area contributed by atoms with E-state index in [1.165, 1.54) is 12.1 Å². The van der Waals surface area contributed by atoms with E-state index in [9.17, 15) is 32.1 Å². The zero-order valence-electron chi connectivity index (χ0n) is 13.9. The highest BCUT2D eigenvalue weighted by atomic mass is 19.2. The topological polar surface area (TPSA) is 50.8 Å². The molecule has 1 fully saturated rings. The van der Waals surface area contributed by atoms with Crippen molar-refractivity contribution >= 4 is 11.4 Å². The van der Waals surface area contributed by atoms with Gasteiger partial charge in [-0.05, 0) is 12.1 Å². The van der Waals surface area contributed by atoms with E-state index < -0.39 is 39.6 Å². The number of hydrogen-bond donors (Lipinski definition) is 1. The number of anilines is 1. The van der Waals surface area contributed by atoms with Crippen molar-refractivity contribution in [2.45, 2.75) is 6.54 Å². The Hall–Kier alpha value is -2.75. The number of hydrogen-bond acceptors (Lipinski definition) is 3. The van der Waals surface area contributed by atoms with Crippen LogP contribution in [0.5, 0.6) is 0 Å². The normalized spacial score (nSPS) is 15.2. The van der Waals surface area contributed by atoms with Crippen molar-refractivity contribution in [1.29, 1.82) is 0 Å². The van der Waals surface area contributed by atoms with Crippen molar-refractivity contribution in [3.63, 3.8) is 0 Å². The van der Waals surface area contributed by atoms with Crippen molar-refractivity contribution in [2.75, 3.05) is 31.1 Å². The zero-order valence-corrected chi connectivity index (χ0v) is 13.9. The summed E-state index contributed by atoms with van der Waals surface area (Å²) in [7, 11) is 0. The molecule has 10 heteroatoms. The van der Waals surface area contributed by atoms with Gasteiger partial charge in [-0.15, -0.1) is 0 Å². The van der Waals surface area contributed by atoms with Crippen LogP contribution in [-0.2, 0) is 6.54 Å². The summed E-state index contributed by atoms with van der Waals surface area (Å²) in [5.41, 5.74) is -0.0876. The van der Waals surface area contributed by atoms with E-state index in [2.05, 4.69) is 0 Å². The quantitative estimate of drug-likeness (QED) is 0.287. The summed E-state index contributed by atoms with van der Waals surface area (Å²) in [6.45, 7) is 1.46. The molecule has 5 nitrogen and oxygen atoms in total. The maximum atomic E-state index is 13.8. The van der Waals surface area contributed by atoms with E-state index in [1.807, 2.05) is 4.90 Å². The summed E-state index contributed by atoms with van der Waals surface area (Å²) < 4.78 is 67.3. The molecular weight excluding hydrogens is 373 g/mol. The summed E-state index contributed by atoms with van der Waals surface area (Å²) in [4.78, 5) is 12.8. The van der Waals surface area contributed by atoms with Gasteiger partial charge in [-0.2, -0.15) is 0 Å². The molecule has 0 radical (unpaired) electrons. The predicted octanol–water partition coefficient (Wildman–Crippen LogP) is 2.20. The molecule has 2 aromatic rings. The van der Waals surface area contributed by atoms with Crippen molar-refractivity contribution in [1.82, 2.24) is 0 Å². The van der Waals surface area contributed by atoms with Crippen LogP contribution in [-0.4, -0.2) is 31.1 Å². The van der Waals surface area contributed by atoms with Crippen LogP contribution in [0.25, 0.3) is 0 Å². The first-order chi connectivity index (χ1) is 12.8. The molecule has 1 heterocycles. The highest BCUT2D eigenvalue weighted by molar-refractivity contribution is 5.51. The molecule has 2 aromatic carbocycles. The van der Waals surface area contributed by atoms with Gasteiger partial charge in [-0.1, -0.05) is 0 Å². The summed E-state index contributed by atoms with van der Waals surface area (Å²) in [6.07, 6.45) is 0. The number of benzene rings is 2. The van der Waals surface area contributed by atoms with Crippen LogP contribution < -0.4 is 9.80 Å². The Kier molecular flexibility index (Phi) is 5.26. The minimum atomic E-state index is -2.16. The lowest BCUT2D eigenvalue weighted by molar-refractivity contribution is -0.914. The van der Waals surface area contributed by atoms with Gasteiger partial charge < -0.3 is 9.80 Å². The molecule has 0 bridgehead atoms. The second-order valence-corrected chi connectivity index (χ2v) is 6.24. The minimum absolute atomic E-state index is 0.0330. The third-order valence-corrected chi connectivity index (χ3v) is 4.62. The lowest BCUT2D eigenvalue weighted by atomic mass is 10.1. The van der Waals surface area contributed by atoms with E-state index in [0.717, 1.165) is 5.69 Å². The van der Waals surface area contributed by atoms with Gasteiger partial charge in [0.25, 0.3) is 5.69 Å². The van der Waals surface area contributed by atoms with Crippen LogP contribution in [0, 0.1) is 39.2 Å². The Labute approximate surface area is 150 Å². The van der Waals surface area contributed by atoms with Crippen LogP contribution in [0.3, 0.4) is 0 Å². The first-order valence-corrected chi connectivity index (χ1v) is 8.13. The van der Waals surface area contributed by atoms with Gasteiger partial charge in [0.15, 0.2) is 23.3 Å². The fourth-order valence-electron chi connectivity index (χ4n) is 3.10. The van der Waals surface area contributed by atoms with Gasteiger partial charge in [-0.3, -0.25) is 10.1 Å². The fourth-order valence-corrected chi connectivity index (χ4v) is 3.10. The van der Waals surface area contributed by atoms with Crippen LogP contribution in [0.4, 0.5) is 33.3 Å². The monoisotopic (exact) mass is 388 g/mol. The van der Waals surface area contributed by atoms with Crippen LogP contribution >= 0.6 is 0 Å². The smallest absolute Gasteiger partial charge is 0.269 e. The lowest BCUT2D eigenvalue weighted by Gasteiger charge is -2.33. The second kappa shape index (κ2) is 7.47. The van der Waals surface area contributed by atoms with E-state index >= 15 is 0 Å². The van der Waals surface area contributed by atoms with E-state index in [1.54, 1.807) is 12.1 Å². The third-order valence-electron chi connectivity index (χ3n) is 4.62. The Morgan fingerprint density at radius 1 is 0.889 bits per heavy atom. The van der Waals surface area contributed by atoms with E-state index in [4.69, 9.17) is 0 Å². The molecule has 0 spiro atoms. The fraction of sp³-hybridized carbons (Fsp3) is 0.294. The third kappa shape index (κ3) is 3.70. The van der Waals surface area contributed by atoms with Gasteiger partial charge in [0.1, 0.15) is 6.54 Å². The lowest BCUT2D eigenvalue weighted by Crippen LogP contribution is -3.13. The number of rotatable bonds is 4. The maximum Gasteiger partial charge on any atom is 0.269 e. The molecule has 1 aliphatic heterocycles. The average molecular weight is 388 g/mol. The Morgan fingerprint density at radius 2 is 1.37 bits per heavy atom. The van der Waals surface area contributed by atoms with Gasteiger partial charge >= 0.3 is 0 Å². The highest BCUT2D eigenvalue weighted by Gasteiger charge is 2.29. The number of nitrogens with one attached hydrogen (secondary N) is 1. The molecule has 1 aliphatic rings. The molecule has 0 atom stereocenters. The van der Waals surface area contributed by atoms with Crippen molar-refractivity contribution in [3.05, 3.63) is 69.0 Å². The zero-order chi connectivity index (χ0) is 19.7. The number of halogens is 5. The van der Waals surface area contributed by atoms with Gasteiger partial charge in [-0.25, -0.2) is 22.0 Å². The first-order valence-electron chi connectivity index (χ1n) is 8.13. The number of nitro groups is 1. The Balaban J connectivity index is 1.67. The minimum Gasteiger partial charge on any atom is -0.360 e. The van der Waals surface area contributed by atoms with Crippen molar-refractivity contribution < 1.29 is 31.8 Å². The summed E-state index contributed by atoms with van der Waals surface area (Å²) >= 11 is 0. The second-order valence-electron chi connectivity index (χ2n) is 6.24. The molecule has 27 heavy (non-hydrogen) atoms. The molecule has 144 valence electrons. The van der Waals surface area contributed by atoms with Crippen LogP contribution in [0.1, 0.15) is 5.56 Å². The number of non-ortho nitro benzene ring substituents is 1. The number of nitro benzene ring substituents is 1. The predicted molar refractivity (Wildman–Crippen MR) is 85.9 cm³/mol. The standard InChI is InChI=1S/C17H14F5N3O2/c18-13-12(14(19)16(21)17(22)15(13)20)9-23-5-7-24(8-6-23)10-1-3-11(4-2-10)25(26)27/h1-4H,5-9H2/p+1. The van der Waals surface area contributed by atoms with Gasteiger partial charge in [0, 0.05) is 17.8 Å². The maximum absolute atomic E-state index is 13.8. The molecule has 3 rings (SSSR count). The molecule has 1 saturated heterocycles. The average Bonchev–Trinajstić information content (AvgIpc) is 2.69. The Morgan fingerprint density at radius 3 is 1.85 bits per heavy atom. The van der Waals surface area contributed by atoms with Crippen molar-refractivity contribution in [3.8, 4) is 0 Å². The van der Waals surface area contributed by atoms with Crippen LogP contribution in [0.15, 0.2) is 24.3 Å². The van der Waals surface area contributed by atoms with E-state index in [-0.39, 0.29) is 12.2 Å².